The summed E-state index contributed by atoms with van der Waals surface area (Å²) in [4.78, 5) is 2.22. The Bertz CT molecular complexity index is 354. The average Bonchev–Trinajstić information content (AvgIpc) is 2.19. The van der Waals surface area contributed by atoms with Crippen LogP contribution in [0.25, 0.3) is 0 Å². The van der Waals surface area contributed by atoms with E-state index < -0.39 is 0 Å². The Labute approximate surface area is 89.8 Å². The van der Waals surface area contributed by atoms with Crippen LogP contribution in [0.15, 0.2) is 18.2 Å². The predicted molar refractivity (Wildman–Crippen MR) is 62.2 cm³/mol. The first-order valence-electron chi connectivity index (χ1n) is 5.22. The van der Waals surface area contributed by atoms with E-state index >= 15 is 0 Å². The summed E-state index contributed by atoms with van der Waals surface area (Å²) in [6.07, 6.45) is 0.202. The Morgan fingerprint density at radius 1 is 1.53 bits per heavy atom. The third kappa shape index (κ3) is 1.99. The molecule has 0 aliphatic carbocycles. The van der Waals surface area contributed by atoms with Crippen molar-refractivity contribution in [1.82, 2.24) is 0 Å². The third-order valence-electron chi connectivity index (χ3n) is 2.53. The molecule has 1 aromatic rings. The van der Waals surface area contributed by atoms with Gasteiger partial charge >= 0.3 is 0 Å². The van der Waals surface area contributed by atoms with Gasteiger partial charge in [0, 0.05) is 18.8 Å². The Morgan fingerprint density at radius 2 is 2.33 bits per heavy atom. The predicted octanol–water partition coefficient (Wildman–Crippen LogP) is 0.815. The van der Waals surface area contributed by atoms with Crippen LogP contribution in [0, 0.1) is 0 Å². The molecule has 4 heteroatoms. The van der Waals surface area contributed by atoms with Gasteiger partial charge in [-0.25, -0.2) is 0 Å². The van der Waals surface area contributed by atoms with E-state index in [1.54, 1.807) is 0 Å². The van der Waals surface area contributed by atoms with Gasteiger partial charge in [0.15, 0.2) is 0 Å². The minimum Gasteiger partial charge on any atom is -0.487 e. The number of nitrogens with two attached hydrogens (primary N) is 2. The van der Waals surface area contributed by atoms with Crippen LogP contribution in [-0.4, -0.2) is 25.7 Å². The molecule has 1 unspecified atom stereocenters. The van der Waals surface area contributed by atoms with E-state index in [2.05, 4.69) is 11.8 Å². The van der Waals surface area contributed by atoms with Gasteiger partial charge in [-0.15, -0.1) is 0 Å². The topological polar surface area (TPSA) is 64.5 Å². The monoisotopic (exact) mass is 207 g/mol. The minimum atomic E-state index is 0.202. The maximum atomic E-state index is 5.76. The van der Waals surface area contributed by atoms with Gasteiger partial charge in [-0.1, -0.05) is 0 Å². The van der Waals surface area contributed by atoms with E-state index in [9.17, 15) is 0 Å². The smallest absolute Gasteiger partial charge is 0.143 e. The first kappa shape index (κ1) is 10.1. The molecule has 4 nitrogen and oxygen atoms in total. The van der Waals surface area contributed by atoms with Gasteiger partial charge in [-0.3, -0.25) is 0 Å². The van der Waals surface area contributed by atoms with Crippen LogP contribution >= 0.6 is 0 Å². The molecule has 1 aromatic carbocycles. The maximum absolute atomic E-state index is 5.76. The van der Waals surface area contributed by atoms with Gasteiger partial charge in [0.25, 0.3) is 0 Å². The lowest BCUT2D eigenvalue weighted by Gasteiger charge is -2.34. The van der Waals surface area contributed by atoms with Crippen molar-refractivity contribution in [1.29, 1.82) is 0 Å². The fourth-order valence-corrected chi connectivity index (χ4v) is 1.91. The van der Waals surface area contributed by atoms with E-state index in [1.165, 1.54) is 0 Å². The van der Waals surface area contributed by atoms with E-state index in [0.717, 1.165) is 30.2 Å². The summed E-state index contributed by atoms with van der Waals surface area (Å²) in [6, 6.07) is 5.72. The minimum absolute atomic E-state index is 0.202. The number of fused-ring (bicyclic) bond motifs is 1. The molecule has 0 fully saturated rings. The highest BCUT2D eigenvalue weighted by molar-refractivity contribution is 5.66. The van der Waals surface area contributed by atoms with Crippen LogP contribution in [0.3, 0.4) is 0 Å². The second kappa shape index (κ2) is 3.98. The normalized spacial score (nSPS) is 19.6. The van der Waals surface area contributed by atoms with Crippen LogP contribution in [0.5, 0.6) is 5.75 Å². The van der Waals surface area contributed by atoms with Crippen LogP contribution in [0.4, 0.5) is 11.4 Å². The fourth-order valence-electron chi connectivity index (χ4n) is 1.91. The lowest BCUT2D eigenvalue weighted by molar-refractivity contribution is 0.213. The molecule has 0 bridgehead atoms. The molecule has 1 atom stereocenters. The van der Waals surface area contributed by atoms with Crippen LogP contribution < -0.4 is 21.1 Å². The van der Waals surface area contributed by atoms with Gasteiger partial charge in [-0.05, 0) is 25.1 Å². The molecule has 15 heavy (non-hydrogen) atoms. The van der Waals surface area contributed by atoms with Gasteiger partial charge in [-0.2, -0.15) is 0 Å². The first-order valence-corrected chi connectivity index (χ1v) is 5.22. The van der Waals surface area contributed by atoms with Gasteiger partial charge in [0.05, 0.1) is 12.2 Å². The summed E-state index contributed by atoms with van der Waals surface area (Å²) in [5.41, 5.74) is 13.2. The fraction of sp³-hybridized carbons (Fsp3) is 0.455. The van der Waals surface area contributed by atoms with Crippen molar-refractivity contribution in [2.24, 2.45) is 5.73 Å². The number of rotatable bonds is 2. The van der Waals surface area contributed by atoms with Crippen molar-refractivity contribution in [3.8, 4) is 5.75 Å². The summed E-state index contributed by atoms with van der Waals surface area (Å²) in [5, 5.41) is 0. The first-order chi connectivity index (χ1) is 7.20. The number of nitrogens with zero attached hydrogens (tertiary/aromatic N) is 1. The Morgan fingerprint density at radius 3 is 3.07 bits per heavy atom. The average molecular weight is 207 g/mol. The summed E-state index contributed by atoms with van der Waals surface area (Å²) in [7, 11) is 0. The Balaban J connectivity index is 2.34. The lowest BCUT2D eigenvalue weighted by atomic mass is 10.2. The molecule has 0 saturated carbocycles. The van der Waals surface area contributed by atoms with Gasteiger partial charge < -0.3 is 21.1 Å². The van der Waals surface area contributed by atoms with Crippen LogP contribution in [0.2, 0.25) is 0 Å². The number of ether oxygens (including phenoxy) is 1. The van der Waals surface area contributed by atoms with Gasteiger partial charge in [0.1, 0.15) is 11.9 Å². The van der Waals surface area contributed by atoms with Crippen LogP contribution in [0.1, 0.15) is 6.92 Å². The largest absolute Gasteiger partial charge is 0.487 e. The molecule has 0 spiro atoms. The molecule has 1 aliphatic rings. The molecule has 1 heterocycles. The number of anilines is 2. The van der Waals surface area contributed by atoms with Crippen molar-refractivity contribution in [3.63, 3.8) is 0 Å². The summed E-state index contributed by atoms with van der Waals surface area (Å²) >= 11 is 0. The number of hydrogen-bond donors (Lipinski definition) is 2. The van der Waals surface area contributed by atoms with E-state index in [0.29, 0.717) is 6.54 Å². The summed E-state index contributed by atoms with van der Waals surface area (Å²) in [5.74, 6) is 0.899. The molecule has 0 radical (unpaired) electrons. The second-order valence-corrected chi connectivity index (χ2v) is 3.89. The molecule has 2 rings (SSSR count). The highest BCUT2D eigenvalue weighted by Gasteiger charge is 2.22. The van der Waals surface area contributed by atoms with E-state index in [-0.39, 0.29) is 6.10 Å². The van der Waals surface area contributed by atoms with Crippen molar-refractivity contribution in [2.75, 3.05) is 30.3 Å². The molecule has 0 saturated heterocycles. The SMILES string of the molecule is CC1CN(CCN)c2cc(N)ccc2O1. The molecule has 0 aromatic heterocycles. The quantitative estimate of drug-likeness (QED) is 0.704. The third-order valence-corrected chi connectivity index (χ3v) is 2.53. The lowest BCUT2D eigenvalue weighted by Crippen LogP contribution is -2.41. The number of benzene rings is 1. The number of nitrogen functional groups attached to an aromatic ring is 1. The van der Waals surface area contributed by atoms with Crippen LogP contribution in [-0.2, 0) is 0 Å². The van der Waals surface area contributed by atoms with Crippen molar-refractivity contribution in [3.05, 3.63) is 18.2 Å². The molecule has 0 amide bonds. The standard InChI is InChI=1S/C11H17N3O/c1-8-7-14(5-4-12)10-6-9(13)2-3-11(10)15-8/h2-3,6,8H,4-5,7,12-13H2,1H3. The summed E-state index contributed by atoms with van der Waals surface area (Å²) < 4.78 is 5.73. The Kier molecular flexibility index (Phi) is 2.68. The summed E-state index contributed by atoms with van der Waals surface area (Å²) in [6.45, 7) is 4.40. The van der Waals surface area contributed by atoms with E-state index in [1.807, 2.05) is 18.2 Å². The second-order valence-electron chi connectivity index (χ2n) is 3.89. The highest BCUT2D eigenvalue weighted by atomic mass is 16.5. The molecule has 82 valence electrons. The number of hydrogen-bond acceptors (Lipinski definition) is 4. The molecule has 4 N–H and O–H groups in total. The van der Waals surface area contributed by atoms with Crippen molar-refractivity contribution >= 4 is 11.4 Å². The zero-order chi connectivity index (χ0) is 10.8. The van der Waals surface area contributed by atoms with Gasteiger partial charge in [0.2, 0.25) is 0 Å². The zero-order valence-electron chi connectivity index (χ0n) is 8.94. The van der Waals surface area contributed by atoms with Crippen molar-refractivity contribution in [2.45, 2.75) is 13.0 Å². The zero-order valence-corrected chi connectivity index (χ0v) is 8.94. The van der Waals surface area contributed by atoms with E-state index in [4.69, 9.17) is 16.2 Å². The highest BCUT2D eigenvalue weighted by Crippen LogP contribution is 2.34. The van der Waals surface area contributed by atoms with Crippen molar-refractivity contribution < 1.29 is 4.74 Å². The Hall–Kier alpha value is -1.42. The molecular weight excluding hydrogens is 190 g/mol. The molecule has 1 aliphatic heterocycles. The maximum Gasteiger partial charge on any atom is 0.143 e. The molecular formula is C11H17N3O.